The molecular weight excluding hydrogens is 485 g/mol. The molecule has 9 nitrogen and oxygen atoms in total. The number of quaternary nitrogens is 1. The second-order valence-corrected chi connectivity index (χ2v) is 9.62. The summed E-state index contributed by atoms with van der Waals surface area (Å²) in [7, 11) is 0. The fourth-order valence-electron chi connectivity index (χ4n) is 4.37. The van der Waals surface area contributed by atoms with Crippen LogP contribution in [0.4, 0.5) is 4.79 Å². The molecule has 1 aromatic rings. The topological polar surface area (TPSA) is 111 Å². The van der Waals surface area contributed by atoms with Gasteiger partial charge in [0.05, 0.1) is 35.1 Å². The molecule has 2 saturated heterocycles. The minimum absolute atomic E-state index is 0.0238. The van der Waals surface area contributed by atoms with E-state index >= 15 is 0 Å². The van der Waals surface area contributed by atoms with Gasteiger partial charge in [-0.1, -0.05) is 43.1 Å². The predicted octanol–water partition coefficient (Wildman–Crippen LogP) is 3.27. The van der Waals surface area contributed by atoms with Gasteiger partial charge in [0, 0.05) is 19.4 Å². The number of esters is 1. The van der Waals surface area contributed by atoms with Crippen molar-refractivity contribution in [2.45, 2.75) is 58.4 Å². The largest absolute Gasteiger partial charge is 0.439 e. The van der Waals surface area contributed by atoms with Crippen molar-refractivity contribution in [3.05, 3.63) is 33.8 Å². The minimum Gasteiger partial charge on any atom is -0.439 e. The van der Waals surface area contributed by atoms with Crippen LogP contribution in [0.2, 0.25) is 10.0 Å². The number of urea groups is 1. The molecule has 4 amide bonds. The molecule has 0 bridgehead atoms. The van der Waals surface area contributed by atoms with Crippen molar-refractivity contribution in [2.24, 2.45) is 5.92 Å². The summed E-state index contributed by atoms with van der Waals surface area (Å²) in [5, 5.41) is 5.75. The first kappa shape index (κ1) is 26.4. The summed E-state index contributed by atoms with van der Waals surface area (Å²) in [6.45, 7) is 6.24. The fourth-order valence-corrected chi connectivity index (χ4v) is 4.94. The summed E-state index contributed by atoms with van der Waals surface area (Å²) in [6.07, 6.45) is -0.253. The summed E-state index contributed by atoms with van der Waals surface area (Å²) >= 11 is 12.3. The molecule has 0 unspecified atom stereocenters. The molecule has 2 aliphatic heterocycles. The lowest BCUT2D eigenvalue weighted by molar-refractivity contribution is -0.761. The molecular formula is C23H30Cl2N3O6+. The number of carbonyl (C=O) groups excluding carboxylic acids is 4. The Morgan fingerprint density at radius 1 is 1.18 bits per heavy atom. The molecule has 0 aromatic heterocycles. The Balaban J connectivity index is 1.84. The highest BCUT2D eigenvalue weighted by atomic mass is 35.5. The van der Waals surface area contributed by atoms with E-state index in [1.807, 2.05) is 0 Å². The van der Waals surface area contributed by atoms with E-state index in [1.165, 1.54) is 12.1 Å². The molecule has 2 N–H and O–H groups in total. The number of likely N-dealkylation sites (tertiary alicyclic amines) is 1. The number of nitrogens with one attached hydrogen (secondary N) is 2. The number of amides is 4. The Hall–Kier alpha value is -2.20. The molecule has 0 radical (unpaired) electrons. The van der Waals surface area contributed by atoms with E-state index in [0.29, 0.717) is 19.4 Å². The first-order valence-corrected chi connectivity index (χ1v) is 12.1. The Kier molecular flexibility index (Phi) is 8.57. The molecule has 186 valence electrons. The maximum absolute atomic E-state index is 13.8. The van der Waals surface area contributed by atoms with Crippen LogP contribution in [0.3, 0.4) is 0 Å². The summed E-state index contributed by atoms with van der Waals surface area (Å²) < 4.78 is 10.2. The average molecular weight is 515 g/mol. The molecule has 2 heterocycles. The van der Waals surface area contributed by atoms with E-state index in [9.17, 15) is 19.2 Å². The molecule has 2 aliphatic rings. The molecule has 0 saturated carbocycles. The lowest BCUT2D eigenvalue weighted by Crippen LogP contribution is -2.67. The van der Waals surface area contributed by atoms with Crippen molar-refractivity contribution in [3.8, 4) is 0 Å². The van der Waals surface area contributed by atoms with Gasteiger partial charge in [-0.2, -0.15) is 4.48 Å². The van der Waals surface area contributed by atoms with Crippen LogP contribution < -0.4 is 10.6 Å². The van der Waals surface area contributed by atoms with Crippen LogP contribution in [0, 0.1) is 5.92 Å². The number of benzene rings is 1. The first-order chi connectivity index (χ1) is 16.1. The standard InChI is InChI=1S/C23H29Cl2N3O6/c1-4-33-16-12-17(29)34-21(16)27-23(32)28(10-5-6-11-28)22(31)19(13(2)3)26-20(30)18-14(24)8-7-9-15(18)25/h7-9,13,16,19,21H,4-6,10-12H2,1-3H3,(H-,26,27,30,32)/p+1/t16-,19-,21+/m0/s1. The third kappa shape index (κ3) is 5.38. The van der Waals surface area contributed by atoms with Crippen molar-refractivity contribution in [1.82, 2.24) is 10.6 Å². The Labute approximate surface area is 208 Å². The Morgan fingerprint density at radius 2 is 1.79 bits per heavy atom. The molecule has 0 spiro atoms. The maximum Gasteiger partial charge on any atom is 0.427 e. The second kappa shape index (κ2) is 11.0. The summed E-state index contributed by atoms with van der Waals surface area (Å²) in [5.74, 6) is -1.84. The number of rotatable bonds is 7. The van der Waals surface area contributed by atoms with Crippen LogP contribution in [0.25, 0.3) is 0 Å². The monoisotopic (exact) mass is 514 g/mol. The zero-order chi connectivity index (χ0) is 25.0. The van der Waals surface area contributed by atoms with Crippen molar-refractivity contribution in [3.63, 3.8) is 0 Å². The molecule has 0 aliphatic carbocycles. The number of hydrogen-bond acceptors (Lipinski definition) is 6. The third-order valence-electron chi connectivity index (χ3n) is 6.16. The number of imide groups is 1. The smallest absolute Gasteiger partial charge is 0.427 e. The highest BCUT2D eigenvalue weighted by Gasteiger charge is 2.53. The van der Waals surface area contributed by atoms with Crippen LogP contribution in [-0.4, -0.2) is 66.4 Å². The van der Waals surface area contributed by atoms with Gasteiger partial charge >= 0.3 is 17.9 Å². The first-order valence-electron chi connectivity index (χ1n) is 11.4. The van der Waals surface area contributed by atoms with Gasteiger partial charge < -0.3 is 14.8 Å². The van der Waals surface area contributed by atoms with Crippen LogP contribution in [0.15, 0.2) is 18.2 Å². The number of cyclic esters (lactones) is 1. The maximum atomic E-state index is 13.8. The third-order valence-corrected chi connectivity index (χ3v) is 6.79. The van der Waals surface area contributed by atoms with E-state index < -0.39 is 46.7 Å². The highest BCUT2D eigenvalue weighted by Crippen LogP contribution is 2.28. The SMILES string of the molecule is CCO[C@H]1CC(=O)O[C@H]1NC(=O)[N+]1(C(=O)[C@@H](NC(=O)c2c(Cl)cccc2Cl)C(C)C)CCCC1. The van der Waals surface area contributed by atoms with Crippen LogP contribution in [0.1, 0.15) is 50.4 Å². The van der Waals surface area contributed by atoms with Gasteiger partial charge in [0.15, 0.2) is 0 Å². The minimum atomic E-state index is -0.975. The van der Waals surface area contributed by atoms with Gasteiger partial charge in [-0.05, 0) is 25.0 Å². The van der Waals surface area contributed by atoms with Crippen LogP contribution in [0.5, 0.6) is 0 Å². The Morgan fingerprint density at radius 3 is 2.35 bits per heavy atom. The van der Waals surface area contributed by atoms with Gasteiger partial charge in [0.2, 0.25) is 6.23 Å². The van der Waals surface area contributed by atoms with Crippen molar-refractivity contribution in [1.29, 1.82) is 0 Å². The highest BCUT2D eigenvalue weighted by molar-refractivity contribution is 6.39. The Bertz CT molecular complexity index is 944. The lowest BCUT2D eigenvalue weighted by atomic mass is 10.0. The van der Waals surface area contributed by atoms with Gasteiger partial charge in [0.25, 0.3) is 5.91 Å². The number of carbonyl (C=O) groups is 4. The van der Waals surface area contributed by atoms with E-state index in [4.69, 9.17) is 32.7 Å². The van der Waals surface area contributed by atoms with Crippen molar-refractivity contribution in [2.75, 3.05) is 19.7 Å². The molecule has 3 atom stereocenters. The number of halogens is 2. The average Bonchev–Trinajstić information content (AvgIpc) is 3.39. The molecule has 3 rings (SSSR count). The number of ether oxygens (including phenoxy) is 2. The van der Waals surface area contributed by atoms with Gasteiger partial charge in [-0.15, -0.1) is 0 Å². The van der Waals surface area contributed by atoms with Crippen LogP contribution in [-0.2, 0) is 19.1 Å². The fraction of sp³-hybridized carbons (Fsp3) is 0.565. The van der Waals surface area contributed by atoms with Crippen molar-refractivity contribution >= 4 is 47.0 Å². The quantitative estimate of drug-likeness (QED) is 0.426. The number of nitrogens with zero attached hydrogens (tertiary/aromatic N) is 1. The summed E-state index contributed by atoms with van der Waals surface area (Å²) in [6, 6.07) is 3.13. The second-order valence-electron chi connectivity index (χ2n) is 8.81. The van der Waals surface area contributed by atoms with E-state index in [-0.39, 0.29) is 41.0 Å². The molecule has 2 fully saturated rings. The summed E-state index contributed by atoms with van der Waals surface area (Å²) in [4.78, 5) is 52.1. The zero-order valence-corrected chi connectivity index (χ0v) is 20.9. The van der Waals surface area contributed by atoms with Crippen LogP contribution >= 0.6 is 23.2 Å². The van der Waals surface area contributed by atoms with E-state index in [1.54, 1.807) is 26.8 Å². The van der Waals surface area contributed by atoms with E-state index in [0.717, 1.165) is 0 Å². The number of hydrogen-bond donors (Lipinski definition) is 2. The van der Waals surface area contributed by atoms with Gasteiger partial charge in [-0.3, -0.25) is 14.9 Å². The normalized spacial score (nSPS) is 22.4. The van der Waals surface area contributed by atoms with Gasteiger partial charge in [0.1, 0.15) is 12.1 Å². The molecule has 11 heteroatoms. The predicted molar refractivity (Wildman–Crippen MR) is 125 cm³/mol. The van der Waals surface area contributed by atoms with E-state index in [2.05, 4.69) is 10.6 Å². The molecule has 34 heavy (non-hydrogen) atoms. The lowest BCUT2D eigenvalue weighted by Gasteiger charge is -2.34. The van der Waals surface area contributed by atoms with Crippen molar-refractivity contribution < 1.29 is 33.1 Å². The summed E-state index contributed by atoms with van der Waals surface area (Å²) in [5.41, 5.74) is 0.0686. The zero-order valence-electron chi connectivity index (χ0n) is 19.4. The van der Waals surface area contributed by atoms with Gasteiger partial charge in [-0.25, -0.2) is 9.59 Å². The molecule has 1 aromatic carbocycles.